The smallest absolute Gasteiger partial charge is 0.241 e. The molecule has 7 nitrogen and oxygen atoms in total. The average Bonchev–Trinajstić information content (AvgIpc) is 2.66. The summed E-state index contributed by atoms with van der Waals surface area (Å²) in [5, 5.41) is 3.18. The molecule has 0 saturated carbocycles. The molecule has 0 aliphatic carbocycles. The first-order valence-electron chi connectivity index (χ1n) is 8.91. The normalized spacial score (nSPS) is 12.2. The van der Waals surface area contributed by atoms with E-state index in [1.807, 2.05) is 0 Å². The maximum atomic E-state index is 12.5. The highest BCUT2D eigenvalue weighted by atomic mass is 35.5. The van der Waals surface area contributed by atoms with Crippen LogP contribution in [0.25, 0.3) is 0 Å². The van der Waals surface area contributed by atoms with E-state index in [2.05, 4.69) is 5.32 Å². The van der Waals surface area contributed by atoms with Gasteiger partial charge in [-0.1, -0.05) is 17.7 Å². The van der Waals surface area contributed by atoms with E-state index in [1.54, 1.807) is 63.4 Å². The zero-order valence-electron chi connectivity index (χ0n) is 16.8. The molecule has 1 amide bonds. The Bertz CT molecular complexity index is 948. The van der Waals surface area contributed by atoms with Crippen molar-refractivity contribution in [1.29, 1.82) is 0 Å². The summed E-state index contributed by atoms with van der Waals surface area (Å²) in [5.74, 6) is 0.913. The van der Waals surface area contributed by atoms with Gasteiger partial charge in [0.2, 0.25) is 15.9 Å². The van der Waals surface area contributed by atoms with Crippen molar-refractivity contribution in [3.63, 3.8) is 0 Å². The number of benzene rings is 2. The number of amides is 1. The van der Waals surface area contributed by atoms with Gasteiger partial charge in [-0.15, -0.1) is 0 Å². The zero-order chi connectivity index (χ0) is 21.6. The lowest BCUT2D eigenvalue weighted by Crippen LogP contribution is -2.45. The molecule has 1 N–H and O–H groups in total. The van der Waals surface area contributed by atoms with Gasteiger partial charge in [-0.2, -0.15) is 0 Å². The van der Waals surface area contributed by atoms with E-state index in [0.29, 0.717) is 22.0 Å². The number of ether oxygens (including phenoxy) is 2. The molecule has 9 heteroatoms. The van der Waals surface area contributed by atoms with Gasteiger partial charge in [0.05, 0.1) is 25.1 Å². The maximum Gasteiger partial charge on any atom is 0.241 e. The second-order valence-corrected chi connectivity index (χ2v) is 8.92. The monoisotopic (exact) mass is 440 g/mol. The lowest BCUT2D eigenvalue weighted by molar-refractivity contribution is -0.120. The predicted molar refractivity (Wildman–Crippen MR) is 114 cm³/mol. The number of halogens is 1. The van der Waals surface area contributed by atoms with Crippen LogP contribution in [0.1, 0.15) is 12.5 Å². The van der Waals surface area contributed by atoms with Gasteiger partial charge in [0.25, 0.3) is 0 Å². The van der Waals surface area contributed by atoms with Crippen LogP contribution in [0, 0.1) is 6.92 Å². The van der Waals surface area contributed by atoms with Gasteiger partial charge in [0, 0.05) is 5.02 Å². The van der Waals surface area contributed by atoms with Crippen molar-refractivity contribution in [3.05, 3.63) is 53.1 Å². The van der Waals surface area contributed by atoms with E-state index in [-0.39, 0.29) is 19.2 Å². The molecule has 2 aromatic carbocycles. The highest BCUT2D eigenvalue weighted by Gasteiger charge is 2.23. The molecule has 1 atom stereocenters. The van der Waals surface area contributed by atoms with Crippen LogP contribution in [0.2, 0.25) is 5.02 Å². The van der Waals surface area contributed by atoms with Crippen LogP contribution in [0.15, 0.2) is 42.5 Å². The number of rotatable bonds is 9. The molecule has 0 aliphatic heterocycles. The zero-order valence-corrected chi connectivity index (χ0v) is 18.4. The van der Waals surface area contributed by atoms with Crippen LogP contribution in [-0.2, 0) is 14.8 Å². The van der Waals surface area contributed by atoms with Crippen LogP contribution in [0.3, 0.4) is 0 Å². The SMILES string of the molecule is COc1ccc(OCC(C)NC(=O)CN(c2cccc(Cl)c2C)S(C)(=O)=O)cc1. The molecule has 29 heavy (non-hydrogen) atoms. The lowest BCUT2D eigenvalue weighted by atomic mass is 10.2. The van der Waals surface area contributed by atoms with Crippen LogP contribution >= 0.6 is 11.6 Å². The van der Waals surface area contributed by atoms with Gasteiger partial charge < -0.3 is 14.8 Å². The van der Waals surface area contributed by atoms with Crippen molar-refractivity contribution in [3.8, 4) is 11.5 Å². The molecular weight excluding hydrogens is 416 g/mol. The molecule has 2 rings (SSSR count). The van der Waals surface area contributed by atoms with E-state index < -0.39 is 15.9 Å². The second-order valence-electron chi connectivity index (χ2n) is 6.61. The summed E-state index contributed by atoms with van der Waals surface area (Å²) < 4.78 is 36.3. The van der Waals surface area contributed by atoms with Crippen molar-refractivity contribution in [1.82, 2.24) is 5.32 Å². The first-order valence-corrected chi connectivity index (χ1v) is 11.1. The maximum absolute atomic E-state index is 12.5. The standard InChI is InChI=1S/C20H25ClN2O5S/c1-14(13-28-17-10-8-16(27-3)9-11-17)22-20(24)12-23(29(4,25)26)19-7-5-6-18(21)15(19)2/h5-11,14H,12-13H2,1-4H3,(H,22,24). The summed E-state index contributed by atoms with van der Waals surface area (Å²) >= 11 is 6.10. The topological polar surface area (TPSA) is 84.9 Å². The molecule has 0 aromatic heterocycles. The van der Waals surface area contributed by atoms with Crippen LogP contribution in [-0.4, -0.2) is 46.9 Å². The number of anilines is 1. The highest BCUT2D eigenvalue weighted by Crippen LogP contribution is 2.28. The Hall–Kier alpha value is -2.45. The first kappa shape index (κ1) is 22.8. The summed E-state index contributed by atoms with van der Waals surface area (Å²) in [6.45, 7) is 3.36. The number of carbonyl (C=O) groups is 1. The van der Waals surface area contributed by atoms with Gasteiger partial charge in [-0.25, -0.2) is 8.42 Å². The van der Waals surface area contributed by atoms with Crippen molar-refractivity contribution in [2.45, 2.75) is 19.9 Å². The third-order valence-corrected chi connectivity index (χ3v) is 5.70. The Kier molecular flexibility index (Phi) is 7.75. The van der Waals surface area contributed by atoms with Gasteiger partial charge in [-0.05, 0) is 55.8 Å². The van der Waals surface area contributed by atoms with E-state index in [4.69, 9.17) is 21.1 Å². The number of nitrogens with zero attached hydrogens (tertiary/aromatic N) is 1. The van der Waals surface area contributed by atoms with E-state index in [9.17, 15) is 13.2 Å². The summed E-state index contributed by atoms with van der Waals surface area (Å²) in [6.07, 6.45) is 1.05. The fourth-order valence-electron chi connectivity index (χ4n) is 2.63. The molecule has 0 saturated heterocycles. The van der Waals surface area contributed by atoms with Crippen molar-refractivity contribution in [2.24, 2.45) is 0 Å². The van der Waals surface area contributed by atoms with Crippen molar-refractivity contribution in [2.75, 3.05) is 30.8 Å². The van der Waals surface area contributed by atoms with Crippen LogP contribution in [0.4, 0.5) is 5.69 Å². The van der Waals surface area contributed by atoms with Crippen LogP contribution < -0.4 is 19.1 Å². The summed E-state index contributed by atoms with van der Waals surface area (Å²) in [6, 6.07) is 11.7. The predicted octanol–water partition coefficient (Wildman–Crippen LogP) is 3.01. The minimum atomic E-state index is -3.68. The van der Waals surface area contributed by atoms with Gasteiger partial charge in [0.1, 0.15) is 24.7 Å². The van der Waals surface area contributed by atoms with Gasteiger partial charge in [0.15, 0.2) is 0 Å². The third kappa shape index (κ3) is 6.54. The molecule has 2 aromatic rings. The Morgan fingerprint density at radius 1 is 1.17 bits per heavy atom. The second kappa shape index (κ2) is 9.84. The Balaban J connectivity index is 1.99. The molecular formula is C20H25ClN2O5S. The number of nitrogens with one attached hydrogen (secondary N) is 1. The van der Waals surface area contributed by atoms with Crippen LogP contribution in [0.5, 0.6) is 11.5 Å². The minimum Gasteiger partial charge on any atom is -0.497 e. The van der Waals surface area contributed by atoms with E-state index in [1.165, 1.54) is 0 Å². The number of sulfonamides is 1. The highest BCUT2D eigenvalue weighted by molar-refractivity contribution is 7.92. The fraction of sp³-hybridized carbons (Fsp3) is 0.350. The fourth-order valence-corrected chi connectivity index (χ4v) is 3.71. The number of hydrogen-bond donors (Lipinski definition) is 1. The lowest BCUT2D eigenvalue weighted by Gasteiger charge is -2.25. The minimum absolute atomic E-state index is 0.229. The molecule has 1 unspecified atom stereocenters. The van der Waals surface area contributed by atoms with Crippen molar-refractivity contribution < 1.29 is 22.7 Å². The summed E-state index contributed by atoms with van der Waals surface area (Å²) in [5.41, 5.74) is 0.959. The molecule has 158 valence electrons. The number of methoxy groups -OCH3 is 1. The Morgan fingerprint density at radius 3 is 2.38 bits per heavy atom. The van der Waals surface area contributed by atoms with E-state index in [0.717, 1.165) is 16.3 Å². The quantitative estimate of drug-likeness (QED) is 0.647. The first-order chi connectivity index (χ1) is 13.6. The number of hydrogen-bond acceptors (Lipinski definition) is 5. The molecule has 0 aliphatic rings. The Labute approximate surface area is 176 Å². The van der Waals surface area contributed by atoms with E-state index >= 15 is 0 Å². The third-order valence-electron chi connectivity index (χ3n) is 4.16. The summed E-state index contributed by atoms with van der Waals surface area (Å²) in [7, 11) is -2.10. The molecule has 0 spiro atoms. The van der Waals surface area contributed by atoms with Gasteiger partial charge >= 0.3 is 0 Å². The van der Waals surface area contributed by atoms with Crippen molar-refractivity contribution >= 4 is 33.2 Å². The molecule has 0 heterocycles. The average molecular weight is 441 g/mol. The van der Waals surface area contributed by atoms with Gasteiger partial charge in [-0.3, -0.25) is 9.10 Å². The molecule has 0 fully saturated rings. The number of carbonyl (C=O) groups excluding carboxylic acids is 1. The molecule has 0 radical (unpaired) electrons. The molecule has 0 bridgehead atoms. The largest absolute Gasteiger partial charge is 0.497 e. The summed E-state index contributed by atoms with van der Waals surface area (Å²) in [4.78, 5) is 12.5. The Morgan fingerprint density at radius 2 is 1.79 bits per heavy atom.